The number of ketones is 1. The van der Waals surface area contributed by atoms with Crippen LogP contribution in [0, 0.1) is 5.82 Å². The summed E-state index contributed by atoms with van der Waals surface area (Å²) in [5.41, 5.74) is 0.333. The molecule has 1 amide bonds. The van der Waals surface area contributed by atoms with Crippen molar-refractivity contribution in [2.75, 3.05) is 7.05 Å². The summed E-state index contributed by atoms with van der Waals surface area (Å²) in [7, 11) is 1.67. The number of aryl methyl sites for hydroxylation is 1. The van der Waals surface area contributed by atoms with Crippen molar-refractivity contribution >= 4 is 23.3 Å². The Morgan fingerprint density at radius 1 is 1.19 bits per heavy atom. The zero-order valence-corrected chi connectivity index (χ0v) is 18.6. The van der Waals surface area contributed by atoms with Crippen molar-refractivity contribution in [1.82, 2.24) is 9.88 Å². The molecule has 0 spiro atoms. The van der Waals surface area contributed by atoms with E-state index in [1.165, 1.54) is 12.1 Å². The molecule has 1 heterocycles. The van der Waals surface area contributed by atoms with E-state index in [-0.39, 0.29) is 30.3 Å². The number of hydrogen-bond donors (Lipinski definition) is 0. The summed E-state index contributed by atoms with van der Waals surface area (Å²) in [5.74, 6) is 0.430. The van der Waals surface area contributed by atoms with Gasteiger partial charge in [-0.3, -0.25) is 9.59 Å². The molecule has 1 saturated carbocycles. The molecule has 4 rings (SSSR count). The van der Waals surface area contributed by atoms with Gasteiger partial charge in [0.15, 0.2) is 17.4 Å². The predicted octanol–water partition coefficient (Wildman–Crippen LogP) is 5.56. The maximum Gasteiger partial charge on any atom is 0.223 e. The SMILES string of the molecule is CN(C(=O)CCc1ncc(-c2ccc(F)cc2)o1)C1(c2ccccc2Cl)CCCCC1=O. The van der Waals surface area contributed by atoms with Crippen molar-refractivity contribution < 1.29 is 18.4 Å². The minimum atomic E-state index is -1.05. The van der Waals surface area contributed by atoms with Crippen LogP contribution in [0.2, 0.25) is 5.02 Å². The molecule has 7 heteroatoms. The van der Waals surface area contributed by atoms with E-state index in [0.29, 0.717) is 40.6 Å². The number of hydrogen-bond acceptors (Lipinski definition) is 4. The van der Waals surface area contributed by atoms with E-state index in [9.17, 15) is 14.0 Å². The van der Waals surface area contributed by atoms with Crippen LogP contribution in [0.3, 0.4) is 0 Å². The van der Waals surface area contributed by atoms with Gasteiger partial charge in [-0.1, -0.05) is 29.8 Å². The Hall–Kier alpha value is -2.99. The van der Waals surface area contributed by atoms with Gasteiger partial charge in [0.25, 0.3) is 0 Å². The Kier molecular flexibility index (Phi) is 6.42. The zero-order chi connectivity index (χ0) is 22.7. The number of oxazole rings is 1. The number of nitrogens with zero attached hydrogens (tertiary/aromatic N) is 2. The highest BCUT2D eigenvalue weighted by Crippen LogP contribution is 2.42. The van der Waals surface area contributed by atoms with Gasteiger partial charge in [-0.15, -0.1) is 0 Å². The standard InChI is InChI=1S/C25H24ClFN2O3/c1-29(25(15-5-4-8-22(25)30)19-6-2-3-7-20(19)26)24(31)14-13-23-28-16-21(32-23)17-9-11-18(27)12-10-17/h2-3,6-7,9-12,16H,4-5,8,13-15H2,1H3. The highest BCUT2D eigenvalue weighted by Gasteiger charge is 2.47. The van der Waals surface area contributed by atoms with E-state index in [2.05, 4.69) is 4.98 Å². The third kappa shape index (κ3) is 4.19. The quantitative estimate of drug-likeness (QED) is 0.489. The van der Waals surface area contributed by atoms with Gasteiger partial charge in [-0.2, -0.15) is 0 Å². The van der Waals surface area contributed by atoms with Crippen molar-refractivity contribution in [1.29, 1.82) is 0 Å². The van der Waals surface area contributed by atoms with Gasteiger partial charge in [0.05, 0.1) is 6.20 Å². The summed E-state index contributed by atoms with van der Waals surface area (Å²) in [5, 5.41) is 0.485. The largest absolute Gasteiger partial charge is 0.441 e. The number of likely N-dealkylation sites (N-methyl/N-ethyl adjacent to an activating group) is 1. The Balaban J connectivity index is 1.51. The van der Waals surface area contributed by atoms with Gasteiger partial charge in [-0.05, 0) is 49.6 Å². The van der Waals surface area contributed by atoms with Crippen LogP contribution in [-0.2, 0) is 21.5 Å². The first-order valence-corrected chi connectivity index (χ1v) is 11.1. The highest BCUT2D eigenvalue weighted by atomic mass is 35.5. The first-order valence-electron chi connectivity index (χ1n) is 10.7. The number of rotatable bonds is 6. The molecule has 3 aromatic rings. The van der Waals surface area contributed by atoms with E-state index in [0.717, 1.165) is 12.8 Å². The van der Waals surface area contributed by atoms with Crippen LogP contribution >= 0.6 is 11.6 Å². The Labute approximate surface area is 191 Å². The topological polar surface area (TPSA) is 63.4 Å². The normalized spacial score (nSPS) is 18.5. The van der Waals surface area contributed by atoms with Crippen molar-refractivity contribution in [2.45, 2.75) is 44.1 Å². The van der Waals surface area contributed by atoms with E-state index in [1.807, 2.05) is 18.2 Å². The van der Waals surface area contributed by atoms with Crippen LogP contribution in [0.15, 0.2) is 59.1 Å². The summed E-state index contributed by atoms with van der Waals surface area (Å²) in [6.45, 7) is 0. The molecule has 0 radical (unpaired) electrons. The van der Waals surface area contributed by atoms with Crippen LogP contribution in [-0.4, -0.2) is 28.6 Å². The molecule has 1 aliphatic rings. The molecule has 166 valence electrons. The van der Waals surface area contributed by atoms with Gasteiger partial charge in [0.2, 0.25) is 5.91 Å². The summed E-state index contributed by atoms with van der Waals surface area (Å²) in [4.78, 5) is 32.1. The molecule has 0 saturated heterocycles. The summed E-state index contributed by atoms with van der Waals surface area (Å²) in [6.07, 6.45) is 4.61. The fraction of sp³-hybridized carbons (Fsp3) is 0.320. The number of carbonyl (C=O) groups is 2. The van der Waals surface area contributed by atoms with E-state index < -0.39 is 5.54 Å². The van der Waals surface area contributed by atoms with Crippen LogP contribution < -0.4 is 0 Å². The number of Topliss-reactive ketones (excluding diaryl/α,β-unsaturated/α-hetero) is 1. The first-order chi connectivity index (χ1) is 15.4. The Morgan fingerprint density at radius 2 is 1.94 bits per heavy atom. The number of carbonyl (C=O) groups excluding carboxylic acids is 2. The third-order valence-electron chi connectivity index (χ3n) is 6.15. The molecule has 1 unspecified atom stereocenters. The molecule has 0 aliphatic heterocycles. The van der Waals surface area contributed by atoms with Crippen molar-refractivity contribution in [2.24, 2.45) is 0 Å². The molecule has 2 aromatic carbocycles. The molecule has 5 nitrogen and oxygen atoms in total. The average molecular weight is 455 g/mol. The lowest BCUT2D eigenvalue weighted by Crippen LogP contribution is -2.54. The fourth-order valence-electron chi connectivity index (χ4n) is 4.40. The van der Waals surface area contributed by atoms with Gasteiger partial charge in [0.1, 0.15) is 11.4 Å². The molecule has 32 heavy (non-hydrogen) atoms. The molecule has 0 N–H and O–H groups in total. The van der Waals surface area contributed by atoms with Gasteiger partial charge >= 0.3 is 0 Å². The number of amides is 1. The Morgan fingerprint density at radius 3 is 2.66 bits per heavy atom. The second-order valence-electron chi connectivity index (χ2n) is 8.05. The fourth-order valence-corrected chi connectivity index (χ4v) is 4.69. The maximum atomic E-state index is 13.2. The average Bonchev–Trinajstić information content (AvgIpc) is 3.27. The molecule has 1 aliphatic carbocycles. The Bertz CT molecular complexity index is 1130. The monoisotopic (exact) mass is 454 g/mol. The van der Waals surface area contributed by atoms with Gasteiger partial charge < -0.3 is 9.32 Å². The number of halogens is 2. The number of benzene rings is 2. The molecule has 1 fully saturated rings. The lowest BCUT2D eigenvalue weighted by Gasteiger charge is -2.44. The predicted molar refractivity (Wildman–Crippen MR) is 120 cm³/mol. The number of aromatic nitrogens is 1. The van der Waals surface area contributed by atoms with Crippen molar-refractivity contribution in [3.8, 4) is 11.3 Å². The minimum Gasteiger partial charge on any atom is -0.441 e. The maximum absolute atomic E-state index is 13.2. The second-order valence-corrected chi connectivity index (χ2v) is 8.46. The second kappa shape index (κ2) is 9.25. The minimum absolute atomic E-state index is 0.0161. The molecular formula is C25H24ClFN2O3. The summed E-state index contributed by atoms with van der Waals surface area (Å²) < 4.78 is 18.9. The van der Waals surface area contributed by atoms with E-state index in [1.54, 1.807) is 36.3 Å². The van der Waals surface area contributed by atoms with E-state index >= 15 is 0 Å². The third-order valence-corrected chi connectivity index (χ3v) is 6.48. The van der Waals surface area contributed by atoms with E-state index in [4.69, 9.17) is 16.0 Å². The molecular weight excluding hydrogens is 431 g/mol. The van der Waals surface area contributed by atoms with Crippen LogP contribution in [0.4, 0.5) is 4.39 Å². The van der Waals surface area contributed by atoms with Gasteiger partial charge in [0, 0.05) is 42.5 Å². The smallest absolute Gasteiger partial charge is 0.223 e. The molecule has 0 bridgehead atoms. The van der Waals surface area contributed by atoms with Crippen LogP contribution in [0.25, 0.3) is 11.3 Å². The van der Waals surface area contributed by atoms with Crippen LogP contribution in [0.5, 0.6) is 0 Å². The highest BCUT2D eigenvalue weighted by molar-refractivity contribution is 6.31. The molecule has 1 atom stereocenters. The lowest BCUT2D eigenvalue weighted by molar-refractivity contribution is -0.148. The van der Waals surface area contributed by atoms with Crippen molar-refractivity contribution in [3.05, 3.63) is 77.0 Å². The summed E-state index contributed by atoms with van der Waals surface area (Å²) in [6, 6.07) is 13.2. The zero-order valence-electron chi connectivity index (χ0n) is 17.8. The van der Waals surface area contributed by atoms with Crippen molar-refractivity contribution in [3.63, 3.8) is 0 Å². The first kappa shape index (κ1) is 22.2. The molecule has 1 aromatic heterocycles. The lowest BCUT2D eigenvalue weighted by atomic mass is 9.74. The summed E-state index contributed by atoms with van der Waals surface area (Å²) >= 11 is 6.47. The van der Waals surface area contributed by atoms with Gasteiger partial charge in [-0.25, -0.2) is 9.37 Å². The van der Waals surface area contributed by atoms with Crippen LogP contribution in [0.1, 0.15) is 43.6 Å².